The number of hydrogen-bond acceptors (Lipinski definition) is 11. The summed E-state index contributed by atoms with van der Waals surface area (Å²) in [6.07, 6.45) is -0.357. The molecule has 6 N–H and O–H groups in total. The van der Waals surface area contributed by atoms with Crippen molar-refractivity contribution in [2.45, 2.75) is 149 Å². The monoisotopic (exact) mass is 714 g/mol. The molecule has 5 fully saturated rings. The van der Waals surface area contributed by atoms with Gasteiger partial charge in [-0.25, -0.2) is 4.18 Å². The van der Waals surface area contributed by atoms with E-state index in [1.165, 1.54) is 0 Å². The zero-order valence-electron chi connectivity index (χ0n) is 30.0. The Hall–Kier alpha value is -1.16. The Morgan fingerprint density at radius 1 is 0.918 bits per heavy atom. The van der Waals surface area contributed by atoms with Gasteiger partial charge in [0, 0.05) is 5.92 Å². The van der Waals surface area contributed by atoms with Crippen LogP contribution in [0.2, 0.25) is 0 Å². The van der Waals surface area contributed by atoms with E-state index in [4.69, 9.17) is 13.7 Å². The van der Waals surface area contributed by atoms with Crippen LogP contribution in [0.25, 0.3) is 0 Å². The first-order chi connectivity index (χ1) is 22.5. The molecule has 15 unspecified atom stereocenters. The van der Waals surface area contributed by atoms with Crippen molar-refractivity contribution >= 4 is 16.4 Å². The van der Waals surface area contributed by atoms with Crippen LogP contribution in [0.3, 0.4) is 0 Å². The minimum Gasteiger partial charge on any atom is -0.432 e. The highest BCUT2D eigenvalue weighted by Gasteiger charge is 2.72. The van der Waals surface area contributed by atoms with E-state index in [-0.39, 0.29) is 34.0 Å². The number of hydrogen-bond donors (Lipinski definition) is 6. The van der Waals surface area contributed by atoms with Crippen LogP contribution in [0.5, 0.6) is 0 Å². The molecule has 280 valence electrons. The molecule has 0 radical (unpaired) electrons. The lowest BCUT2D eigenvalue weighted by atomic mass is 9.33. The third kappa shape index (κ3) is 5.34. The van der Waals surface area contributed by atoms with Crippen molar-refractivity contribution in [2.75, 3.05) is 6.61 Å². The van der Waals surface area contributed by atoms with Gasteiger partial charge < -0.3 is 35.0 Å². The van der Waals surface area contributed by atoms with E-state index in [9.17, 15) is 43.3 Å². The van der Waals surface area contributed by atoms with Crippen LogP contribution in [0.1, 0.15) is 106 Å². The maximum absolute atomic E-state index is 14.5. The second-order valence-corrected chi connectivity index (χ2v) is 19.1. The van der Waals surface area contributed by atoms with Crippen molar-refractivity contribution in [3.63, 3.8) is 0 Å². The molecule has 0 bridgehead atoms. The van der Waals surface area contributed by atoms with E-state index in [2.05, 4.69) is 40.7 Å². The number of esters is 1. The molecule has 5 aliphatic carbocycles. The van der Waals surface area contributed by atoms with Crippen molar-refractivity contribution < 1.29 is 57.0 Å². The van der Waals surface area contributed by atoms with Crippen LogP contribution < -0.4 is 0 Å². The summed E-state index contributed by atoms with van der Waals surface area (Å²) in [5.74, 6) is -0.951. The number of carbonyl (C=O) groups is 1. The summed E-state index contributed by atoms with van der Waals surface area (Å²) in [7, 11) is -4.60. The van der Waals surface area contributed by atoms with Gasteiger partial charge in [-0.1, -0.05) is 53.2 Å². The molecule has 1 heterocycles. The minimum atomic E-state index is -4.60. The third-order valence-corrected chi connectivity index (χ3v) is 16.2. The van der Waals surface area contributed by atoms with Crippen LogP contribution in [0, 0.1) is 50.7 Å². The van der Waals surface area contributed by atoms with Crippen molar-refractivity contribution in [3.8, 4) is 0 Å². The van der Waals surface area contributed by atoms with E-state index >= 15 is 0 Å². The fourth-order valence-electron chi connectivity index (χ4n) is 12.5. The van der Waals surface area contributed by atoms with E-state index in [1.54, 1.807) is 0 Å². The van der Waals surface area contributed by atoms with Crippen LogP contribution in [0.15, 0.2) is 11.6 Å². The topological polar surface area (TPSA) is 200 Å². The average molecular weight is 715 g/mol. The van der Waals surface area contributed by atoms with Crippen LogP contribution in [-0.4, -0.2) is 93.5 Å². The highest BCUT2D eigenvalue weighted by molar-refractivity contribution is 7.80. The minimum absolute atomic E-state index is 0.119. The highest BCUT2D eigenvalue weighted by Crippen LogP contribution is 2.76. The summed E-state index contributed by atoms with van der Waals surface area (Å²) in [6, 6.07) is 0. The van der Waals surface area contributed by atoms with Crippen molar-refractivity contribution in [3.05, 3.63) is 11.6 Å². The maximum atomic E-state index is 14.5. The number of allylic oxidation sites excluding steroid dienone is 1. The number of rotatable bonds is 5. The summed E-state index contributed by atoms with van der Waals surface area (Å²) in [4.78, 5) is 14.5. The van der Waals surface area contributed by atoms with Crippen LogP contribution >= 0.6 is 0 Å². The highest BCUT2D eigenvalue weighted by atomic mass is 32.3. The van der Waals surface area contributed by atoms with Crippen molar-refractivity contribution in [1.82, 2.24) is 0 Å². The Kier molecular flexibility index (Phi) is 9.15. The fourth-order valence-corrected chi connectivity index (χ4v) is 13.2. The van der Waals surface area contributed by atoms with E-state index in [0.29, 0.717) is 32.1 Å². The van der Waals surface area contributed by atoms with Crippen LogP contribution in [-0.2, 0) is 28.9 Å². The number of fused-ring (bicyclic) bond motifs is 7. The van der Waals surface area contributed by atoms with Gasteiger partial charge in [0.25, 0.3) is 0 Å². The van der Waals surface area contributed by atoms with E-state index < -0.39 is 82.1 Å². The SMILES string of the molecule is CC1CCC2(C(=O)OC3OC(CO)C(O)C(O)C3O)CCC3(C)C(=CCC4C5(C)CCC(OS(=O)(=O)O)C(C)(C)C5CCC43C)C2C1(C)O. The summed E-state index contributed by atoms with van der Waals surface area (Å²) >= 11 is 0. The van der Waals surface area contributed by atoms with Gasteiger partial charge in [0.05, 0.1) is 23.7 Å². The van der Waals surface area contributed by atoms with E-state index in [0.717, 1.165) is 31.3 Å². The molecule has 0 aromatic heterocycles. The Morgan fingerprint density at radius 2 is 1.59 bits per heavy atom. The Balaban J connectivity index is 1.37. The number of ether oxygens (including phenoxy) is 2. The molecule has 1 aliphatic heterocycles. The smallest absolute Gasteiger partial charge is 0.397 e. The normalized spacial score (nSPS) is 52.5. The molecule has 6 rings (SSSR count). The lowest BCUT2D eigenvalue weighted by Crippen LogP contribution is -2.68. The molecule has 13 heteroatoms. The zero-order valence-corrected chi connectivity index (χ0v) is 30.8. The molecule has 1 saturated heterocycles. The predicted octanol–water partition coefficient (Wildman–Crippen LogP) is 3.29. The number of aliphatic hydroxyl groups excluding tert-OH is 4. The molecule has 0 spiro atoms. The second-order valence-electron chi connectivity index (χ2n) is 18.0. The van der Waals surface area contributed by atoms with Gasteiger partial charge >= 0.3 is 16.4 Å². The van der Waals surface area contributed by atoms with Gasteiger partial charge in [-0.05, 0) is 104 Å². The van der Waals surface area contributed by atoms with Gasteiger partial charge in [-0.2, -0.15) is 8.42 Å². The van der Waals surface area contributed by atoms with Crippen molar-refractivity contribution in [1.29, 1.82) is 0 Å². The molecule has 6 aliphatic rings. The van der Waals surface area contributed by atoms with Gasteiger partial charge in [-0.3, -0.25) is 9.35 Å². The first-order valence-corrected chi connectivity index (χ1v) is 19.5. The lowest BCUT2D eigenvalue weighted by molar-refractivity contribution is -0.299. The second kappa shape index (κ2) is 11.9. The quantitative estimate of drug-likeness (QED) is 0.138. The fraction of sp³-hybridized carbons (Fsp3) is 0.917. The summed E-state index contributed by atoms with van der Waals surface area (Å²) in [5, 5.41) is 53.5. The number of aliphatic hydroxyl groups is 5. The average Bonchev–Trinajstić information content (AvgIpc) is 3.00. The molecule has 15 atom stereocenters. The first kappa shape index (κ1) is 37.6. The standard InChI is InChI=1S/C36H58O12S/c1-19-10-15-36(30(41)47-29-27(40)26(39)25(38)21(18-37)46-29)17-16-33(5)20(28(36)35(19,7)42)8-9-23-32(4)13-12-24(48-49(43,44)45)31(2,3)22(32)11-14-34(23,33)6/h8,19,21-29,37-40,42H,9-18H2,1-7H3,(H,43,44,45). The largest absolute Gasteiger partial charge is 0.432 e. The summed E-state index contributed by atoms with van der Waals surface area (Å²) < 4.78 is 49.8. The Bertz CT molecular complexity index is 1460. The molecule has 4 saturated carbocycles. The van der Waals surface area contributed by atoms with Gasteiger partial charge in [0.2, 0.25) is 6.29 Å². The zero-order chi connectivity index (χ0) is 36.3. The van der Waals surface area contributed by atoms with Gasteiger partial charge in [0.15, 0.2) is 0 Å². The maximum Gasteiger partial charge on any atom is 0.397 e. The summed E-state index contributed by atoms with van der Waals surface area (Å²) in [5.41, 5.74) is -2.58. The third-order valence-electron chi connectivity index (χ3n) is 15.7. The van der Waals surface area contributed by atoms with Gasteiger partial charge in [0.1, 0.15) is 24.4 Å². The van der Waals surface area contributed by atoms with Crippen LogP contribution in [0.4, 0.5) is 0 Å². The van der Waals surface area contributed by atoms with Crippen molar-refractivity contribution in [2.24, 2.45) is 50.7 Å². The molecule has 0 aromatic carbocycles. The predicted molar refractivity (Wildman–Crippen MR) is 177 cm³/mol. The molecule has 49 heavy (non-hydrogen) atoms. The molecule has 12 nitrogen and oxygen atoms in total. The molecular formula is C36H58O12S. The molecule has 0 aromatic rings. The molecule has 0 amide bonds. The summed E-state index contributed by atoms with van der Waals surface area (Å²) in [6.45, 7) is 14.3. The van der Waals surface area contributed by atoms with Gasteiger partial charge in [-0.15, -0.1) is 0 Å². The first-order valence-electron chi connectivity index (χ1n) is 18.1. The van der Waals surface area contributed by atoms with E-state index in [1.807, 2.05) is 13.8 Å². The Morgan fingerprint density at radius 3 is 2.22 bits per heavy atom. The number of carbonyl (C=O) groups excluding carboxylic acids is 1. The lowest BCUT2D eigenvalue weighted by Gasteiger charge is -2.72. The Labute approximate surface area is 290 Å². The molecular weight excluding hydrogens is 656 g/mol.